The average molecular weight is 579 g/mol. The molecule has 3 aromatic rings. The summed E-state index contributed by atoms with van der Waals surface area (Å²) in [5, 5.41) is 12.7. The van der Waals surface area contributed by atoms with Crippen LogP contribution in [0.5, 0.6) is 0 Å². The van der Waals surface area contributed by atoms with Gasteiger partial charge in [0.05, 0.1) is 18.4 Å². The molecule has 0 bridgehead atoms. The predicted molar refractivity (Wildman–Crippen MR) is 143 cm³/mol. The summed E-state index contributed by atoms with van der Waals surface area (Å²) in [4.78, 5) is 37.0. The number of benzene rings is 1. The molecule has 1 aliphatic rings. The van der Waals surface area contributed by atoms with Crippen LogP contribution < -0.4 is 16.2 Å². The van der Waals surface area contributed by atoms with E-state index in [1.165, 1.54) is 36.7 Å². The molecule has 1 aromatic carbocycles. The summed E-state index contributed by atoms with van der Waals surface area (Å²) in [6.07, 6.45) is 6.49. The van der Waals surface area contributed by atoms with Gasteiger partial charge in [-0.05, 0) is 49.4 Å². The van der Waals surface area contributed by atoms with Gasteiger partial charge in [-0.1, -0.05) is 36.1 Å². The molecule has 0 spiro atoms. The van der Waals surface area contributed by atoms with Crippen LogP contribution in [-0.4, -0.2) is 37.5 Å². The number of hydrogen-bond acceptors (Lipinski definition) is 5. The first-order valence-electron chi connectivity index (χ1n) is 13.1. The van der Waals surface area contributed by atoms with Gasteiger partial charge in [-0.25, -0.2) is 13.5 Å². The van der Waals surface area contributed by atoms with E-state index in [-0.39, 0.29) is 61.2 Å². The molecule has 40 heavy (non-hydrogen) atoms. The number of amides is 2. The summed E-state index contributed by atoms with van der Waals surface area (Å²) in [5.41, 5.74) is -1.04. The number of halogens is 4. The predicted octanol–water partition coefficient (Wildman–Crippen LogP) is 4.64. The highest BCUT2D eigenvalue weighted by Crippen LogP contribution is 2.26. The van der Waals surface area contributed by atoms with E-state index in [1.807, 2.05) is 0 Å². The molecule has 2 aromatic heterocycles. The van der Waals surface area contributed by atoms with Crippen molar-refractivity contribution in [3.8, 4) is 0 Å². The maximum absolute atomic E-state index is 14.6. The van der Waals surface area contributed by atoms with Crippen molar-refractivity contribution in [2.75, 3.05) is 5.32 Å². The van der Waals surface area contributed by atoms with Crippen molar-refractivity contribution in [2.45, 2.75) is 70.8 Å². The van der Waals surface area contributed by atoms with Gasteiger partial charge in [0.2, 0.25) is 11.7 Å². The third kappa shape index (κ3) is 7.93. The van der Waals surface area contributed by atoms with E-state index in [1.54, 1.807) is 0 Å². The van der Waals surface area contributed by atoms with Crippen LogP contribution in [0.15, 0.2) is 41.5 Å². The standard InChI is InChI=1S/C27H30ClF3N6O3/c28-19-6-7-21(30)18(13-19)14-32-26(39)23-16-37(35-34-23)15-20(29)8-10-36-11-9-22(25(31)27(36)40)33-24(38)12-17-4-2-1-3-5-17/h6-7,9,11,13,16-17,20H,1-5,8,10,12,14-15H2,(H,32,39)(H,33,38). The molecule has 0 saturated heterocycles. The van der Waals surface area contributed by atoms with Crippen molar-refractivity contribution in [3.05, 3.63) is 74.9 Å². The average Bonchev–Trinajstić information content (AvgIpc) is 3.40. The molecule has 1 atom stereocenters. The highest BCUT2D eigenvalue weighted by atomic mass is 35.5. The van der Waals surface area contributed by atoms with Crippen LogP contribution in [0.2, 0.25) is 5.02 Å². The molecule has 2 amide bonds. The van der Waals surface area contributed by atoms with Crippen LogP contribution in [0.25, 0.3) is 0 Å². The number of carbonyl (C=O) groups is 2. The Hall–Kier alpha value is -3.67. The van der Waals surface area contributed by atoms with Gasteiger partial charge in [0.15, 0.2) is 5.69 Å². The minimum atomic E-state index is -1.48. The van der Waals surface area contributed by atoms with Gasteiger partial charge in [0.25, 0.3) is 11.5 Å². The third-order valence-electron chi connectivity index (χ3n) is 6.87. The van der Waals surface area contributed by atoms with Crippen LogP contribution in [0, 0.1) is 17.6 Å². The van der Waals surface area contributed by atoms with Gasteiger partial charge in [-0.2, -0.15) is 4.39 Å². The van der Waals surface area contributed by atoms with Crippen LogP contribution in [0.1, 0.15) is 61.0 Å². The Bertz CT molecular complexity index is 1410. The first kappa shape index (κ1) is 29.3. The quantitative estimate of drug-likeness (QED) is 0.344. The van der Waals surface area contributed by atoms with Gasteiger partial charge >= 0.3 is 0 Å². The maximum atomic E-state index is 14.6. The minimum absolute atomic E-state index is 0.0888. The number of pyridine rings is 1. The molecule has 13 heteroatoms. The van der Waals surface area contributed by atoms with Crippen LogP contribution >= 0.6 is 11.6 Å². The molecule has 1 unspecified atom stereocenters. The second-order valence-electron chi connectivity index (χ2n) is 9.93. The first-order valence-corrected chi connectivity index (χ1v) is 13.5. The monoisotopic (exact) mass is 578 g/mol. The van der Waals surface area contributed by atoms with Crippen molar-refractivity contribution in [3.63, 3.8) is 0 Å². The zero-order valence-electron chi connectivity index (χ0n) is 21.7. The Morgan fingerprint density at radius 2 is 1.93 bits per heavy atom. The number of rotatable bonds is 11. The fraction of sp³-hybridized carbons (Fsp3) is 0.444. The SMILES string of the molecule is O=C(CC1CCCCC1)Nc1ccn(CCC(F)Cn2cc(C(=O)NCc3cc(Cl)ccc3F)nn2)c(=O)c1F. The lowest BCUT2D eigenvalue weighted by Gasteiger charge is -2.20. The lowest BCUT2D eigenvalue weighted by atomic mass is 9.87. The molecule has 1 saturated carbocycles. The Morgan fingerprint density at radius 3 is 2.70 bits per heavy atom. The highest BCUT2D eigenvalue weighted by molar-refractivity contribution is 6.30. The normalized spacial score (nSPS) is 14.6. The zero-order chi connectivity index (χ0) is 28.6. The largest absolute Gasteiger partial charge is 0.346 e. The number of aromatic nitrogens is 4. The van der Waals surface area contributed by atoms with E-state index in [0.717, 1.165) is 41.4 Å². The second-order valence-corrected chi connectivity index (χ2v) is 10.4. The summed E-state index contributed by atoms with van der Waals surface area (Å²) in [5.74, 6) is -2.31. The Kier molecular flexibility index (Phi) is 9.97. The van der Waals surface area contributed by atoms with E-state index < -0.39 is 29.3 Å². The van der Waals surface area contributed by atoms with Crippen molar-refractivity contribution < 1.29 is 22.8 Å². The van der Waals surface area contributed by atoms with Gasteiger partial charge in [0.1, 0.15) is 12.0 Å². The Morgan fingerprint density at radius 1 is 1.15 bits per heavy atom. The van der Waals surface area contributed by atoms with Crippen LogP contribution in [0.3, 0.4) is 0 Å². The minimum Gasteiger partial charge on any atom is -0.346 e. The lowest BCUT2D eigenvalue weighted by Crippen LogP contribution is -2.27. The van der Waals surface area contributed by atoms with E-state index in [4.69, 9.17) is 11.6 Å². The second kappa shape index (κ2) is 13.6. The molecule has 2 heterocycles. The lowest BCUT2D eigenvalue weighted by molar-refractivity contribution is -0.117. The van der Waals surface area contributed by atoms with Crippen molar-refractivity contribution in [2.24, 2.45) is 5.92 Å². The van der Waals surface area contributed by atoms with E-state index >= 15 is 0 Å². The maximum Gasteiger partial charge on any atom is 0.288 e. The van der Waals surface area contributed by atoms with Gasteiger partial charge in [0, 0.05) is 36.3 Å². The topological polar surface area (TPSA) is 111 Å². The molecule has 0 radical (unpaired) electrons. The number of hydrogen-bond donors (Lipinski definition) is 2. The number of alkyl halides is 1. The summed E-state index contributed by atoms with van der Waals surface area (Å²) in [6, 6.07) is 5.26. The number of aryl methyl sites for hydroxylation is 1. The van der Waals surface area contributed by atoms with E-state index in [9.17, 15) is 27.6 Å². The summed E-state index contributed by atoms with van der Waals surface area (Å²) >= 11 is 5.84. The van der Waals surface area contributed by atoms with Crippen molar-refractivity contribution >= 4 is 29.1 Å². The number of carbonyl (C=O) groups excluding carboxylic acids is 2. The molecular weight excluding hydrogens is 549 g/mol. The van der Waals surface area contributed by atoms with Crippen LogP contribution in [-0.2, 0) is 24.4 Å². The fourth-order valence-electron chi connectivity index (χ4n) is 4.68. The van der Waals surface area contributed by atoms with E-state index in [0.29, 0.717) is 5.02 Å². The first-order chi connectivity index (χ1) is 19.2. The van der Waals surface area contributed by atoms with Crippen molar-refractivity contribution in [1.82, 2.24) is 24.9 Å². The number of anilines is 1. The summed E-state index contributed by atoms with van der Waals surface area (Å²) < 4.78 is 45.3. The van der Waals surface area contributed by atoms with Crippen molar-refractivity contribution in [1.29, 1.82) is 0 Å². The summed E-state index contributed by atoms with van der Waals surface area (Å²) in [7, 11) is 0. The Balaban J connectivity index is 1.25. The van der Waals surface area contributed by atoms with Gasteiger partial charge in [-0.3, -0.25) is 14.4 Å². The number of nitrogens with one attached hydrogen (secondary N) is 2. The molecule has 214 valence electrons. The fourth-order valence-corrected chi connectivity index (χ4v) is 4.88. The smallest absolute Gasteiger partial charge is 0.288 e. The molecule has 2 N–H and O–H groups in total. The molecular formula is C27H30ClF3N6O3. The molecule has 4 rings (SSSR count). The van der Waals surface area contributed by atoms with E-state index in [2.05, 4.69) is 20.9 Å². The molecule has 9 nitrogen and oxygen atoms in total. The van der Waals surface area contributed by atoms with Crippen LogP contribution in [0.4, 0.5) is 18.9 Å². The van der Waals surface area contributed by atoms with Gasteiger partial charge < -0.3 is 15.2 Å². The zero-order valence-corrected chi connectivity index (χ0v) is 22.5. The number of nitrogens with zero attached hydrogens (tertiary/aromatic N) is 4. The molecule has 0 aliphatic heterocycles. The third-order valence-corrected chi connectivity index (χ3v) is 7.10. The molecule has 1 fully saturated rings. The Labute approximate surface area is 233 Å². The van der Waals surface area contributed by atoms with Gasteiger partial charge in [-0.15, -0.1) is 5.10 Å². The highest BCUT2D eigenvalue weighted by Gasteiger charge is 2.20. The summed E-state index contributed by atoms with van der Waals surface area (Å²) in [6.45, 7) is -0.492. The molecule has 1 aliphatic carbocycles.